The standard InChI is InChI=1S/C11H16ClN3O/c1-2-10-8-15(5-6-16-10)11-4-3-9(7-12)13-14-11/h3-4,10H,2,5-8H2,1H3. The third kappa shape index (κ3) is 2.62. The molecule has 16 heavy (non-hydrogen) atoms. The number of morpholine rings is 1. The first-order valence-electron chi connectivity index (χ1n) is 5.58. The van der Waals surface area contributed by atoms with Gasteiger partial charge >= 0.3 is 0 Å². The minimum atomic E-state index is 0.309. The summed E-state index contributed by atoms with van der Waals surface area (Å²) in [6.07, 6.45) is 1.34. The lowest BCUT2D eigenvalue weighted by Crippen LogP contribution is -2.42. The second-order valence-electron chi connectivity index (χ2n) is 3.86. The number of halogens is 1. The molecular weight excluding hydrogens is 226 g/mol. The van der Waals surface area contributed by atoms with Gasteiger partial charge in [0.15, 0.2) is 5.82 Å². The molecular formula is C11H16ClN3O. The zero-order valence-electron chi connectivity index (χ0n) is 9.40. The summed E-state index contributed by atoms with van der Waals surface area (Å²) < 4.78 is 5.61. The van der Waals surface area contributed by atoms with E-state index in [9.17, 15) is 0 Å². The highest BCUT2D eigenvalue weighted by Crippen LogP contribution is 2.16. The van der Waals surface area contributed by atoms with Crippen molar-refractivity contribution in [3.8, 4) is 0 Å². The lowest BCUT2D eigenvalue weighted by Gasteiger charge is -2.32. The second-order valence-corrected chi connectivity index (χ2v) is 4.13. The molecule has 1 saturated heterocycles. The van der Waals surface area contributed by atoms with Gasteiger partial charge in [-0.25, -0.2) is 0 Å². The van der Waals surface area contributed by atoms with Gasteiger partial charge in [0.25, 0.3) is 0 Å². The first kappa shape index (κ1) is 11.6. The molecule has 4 nitrogen and oxygen atoms in total. The monoisotopic (exact) mass is 241 g/mol. The maximum atomic E-state index is 5.67. The van der Waals surface area contributed by atoms with Gasteiger partial charge in [0.05, 0.1) is 24.3 Å². The Labute approximate surface area is 101 Å². The van der Waals surface area contributed by atoms with E-state index in [-0.39, 0.29) is 0 Å². The third-order valence-corrected chi connectivity index (χ3v) is 3.03. The average molecular weight is 242 g/mol. The third-order valence-electron chi connectivity index (χ3n) is 2.76. The Kier molecular flexibility index (Phi) is 3.96. The van der Waals surface area contributed by atoms with Crippen molar-refractivity contribution in [3.05, 3.63) is 17.8 Å². The minimum Gasteiger partial charge on any atom is -0.375 e. The molecule has 1 aliphatic rings. The second kappa shape index (κ2) is 5.46. The Morgan fingerprint density at radius 2 is 2.38 bits per heavy atom. The Hall–Kier alpha value is -0.870. The van der Waals surface area contributed by atoms with Gasteiger partial charge in [-0.05, 0) is 18.6 Å². The quantitative estimate of drug-likeness (QED) is 0.757. The maximum Gasteiger partial charge on any atom is 0.151 e. The molecule has 1 aliphatic heterocycles. The summed E-state index contributed by atoms with van der Waals surface area (Å²) in [7, 11) is 0. The molecule has 0 bridgehead atoms. The van der Waals surface area contributed by atoms with E-state index in [0.717, 1.165) is 37.6 Å². The van der Waals surface area contributed by atoms with E-state index in [4.69, 9.17) is 16.3 Å². The molecule has 0 amide bonds. The van der Waals surface area contributed by atoms with Crippen molar-refractivity contribution in [3.63, 3.8) is 0 Å². The van der Waals surface area contributed by atoms with E-state index in [2.05, 4.69) is 22.0 Å². The summed E-state index contributed by atoms with van der Waals surface area (Å²) in [4.78, 5) is 2.21. The molecule has 1 fully saturated rings. The first-order valence-corrected chi connectivity index (χ1v) is 6.12. The van der Waals surface area contributed by atoms with Crippen LogP contribution in [0.3, 0.4) is 0 Å². The predicted octanol–water partition coefficient (Wildman–Crippen LogP) is 1.83. The topological polar surface area (TPSA) is 38.2 Å². The molecule has 0 aromatic carbocycles. The Balaban J connectivity index is 2.05. The summed E-state index contributed by atoms with van der Waals surface area (Å²) in [5, 5.41) is 8.24. The molecule has 88 valence electrons. The highest BCUT2D eigenvalue weighted by molar-refractivity contribution is 6.16. The molecule has 2 rings (SSSR count). The van der Waals surface area contributed by atoms with Gasteiger partial charge < -0.3 is 9.64 Å². The molecule has 1 atom stereocenters. The van der Waals surface area contributed by atoms with Crippen LogP contribution in [-0.4, -0.2) is 36.0 Å². The molecule has 1 aromatic heterocycles. The largest absolute Gasteiger partial charge is 0.375 e. The lowest BCUT2D eigenvalue weighted by molar-refractivity contribution is 0.0381. The molecule has 2 heterocycles. The highest BCUT2D eigenvalue weighted by Gasteiger charge is 2.20. The van der Waals surface area contributed by atoms with Crippen LogP contribution in [0.1, 0.15) is 19.0 Å². The van der Waals surface area contributed by atoms with E-state index >= 15 is 0 Å². The van der Waals surface area contributed by atoms with Crippen LogP contribution in [-0.2, 0) is 10.6 Å². The van der Waals surface area contributed by atoms with Crippen molar-refractivity contribution in [1.82, 2.24) is 10.2 Å². The Morgan fingerprint density at radius 3 is 3.00 bits per heavy atom. The van der Waals surface area contributed by atoms with Crippen LogP contribution < -0.4 is 4.90 Å². The molecule has 0 radical (unpaired) electrons. The minimum absolute atomic E-state index is 0.309. The number of hydrogen-bond acceptors (Lipinski definition) is 4. The number of nitrogens with zero attached hydrogens (tertiary/aromatic N) is 3. The molecule has 0 N–H and O–H groups in total. The number of hydrogen-bond donors (Lipinski definition) is 0. The number of anilines is 1. The van der Waals surface area contributed by atoms with E-state index in [0.29, 0.717) is 12.0 Å². The fraction of sp³-hybridized carbons (Fsp3) is 0.636. The summed E-state index contributed by atoms with van der Waals surface area (Å²) in [6, 6.07) is 3.90. The molecule has 1 aromatic rings. The molecule has 5 heteroatoms. The summed E-state index contributed by atoms with van der Waals surface area (Å²) in [5.74, 6) is 1.32. The van der Waals surface area contributed by atoms with Crippen molar-refractivity contribution in [2.45, 2.75) is 25.3 Å². The normalized spacial score (nSPS) is 21.1. The van der Waals surface area contributed by atoms with Crippen LogP contribution in [0.4, 0.5) is 5.82 Å². The smallest absolute Gasteiger partial charge is 0.151 e. The summed E-state index contributed by atoms with van der Waals surface area (Å²) >= 11 is 5.67. The number of alkyl halides is 1. The average Bonchev–Trinajstić information content (AvgIpc) is 2.39. The lowest BCUT2D eigenvalue weighted by atomic mass is 10.2. The molecule has 1 unspecified atom stereocenters. The van der Waals surface area contributed by atoms with Crippen molar-refractivity contribution >= 4 is 17.4 Å². The van der Waals surface area contributed by atoms with Crippen LogP contribution in [0.5, 0.6) is 0 Å². The maximum absolute atomic E-state index is 5.67. The first-order chi connectivity index (χ1) is 7.83. The summed E-state index contributed by atoms with van der Waals surface area (Å²) in [6.45, 7) is 4.67. The van der Waals surface area contributed by atoms with Gasteiger partial charge in [0.1, 0.15) is 0 Å². The van der Waals surface area contributed by atoms with Crippen molar-refractivity contribution in [2.75, 3.05) is 24.6 Å². The SMILES string of the molecule is CCC1CN(c2ccc(CCl)nn2)CCO1. The molecule has 0 aliphatic carbocycles. The van der Waals surface area contributed by atoms with Gasteiger partial charge in [-0.2, -0.15) is 5.10 Å². The van der Waals surface area contributed by atoms with Crippen LogP contribution in [0.25, 0.3) is 0 Å². The van der Waals surface area contributed by atoms with Gasteiger partial charge in [-0.3, -0.25) is 0 Å². The van der Waals surface area contributed by atoms with Crippen LogP contribution in [0, 0.1) is 0 Å². The predicted molar refractivity (Wildman–Crippen MR) is 63.8 cm³/mol. The van der Waals surface area contributed by atoms with E-state index < -0.39 is 0 Å². The zero-order chi connectivity index (χ0) is 11.4. The van der Waals surface area contributed by atoms with E-state index in [1.54, 1.807) is 0 Å². The van der Waals surface area contributed by atoms with E-state index in [1.165, 1.54) is 0 Å². The molecule has 0 spiro atoms. The van der Waals surface area contributed by atoms with Crippen LogP contribution in [0.2, 0.25) is 0 Å². The highest BCUT2D eigenvalue weighted by atomic mass is 35.5. The van der Waals surface area contributed by atoms with Crippen molar-refractivity contribution in [1.29, 1.82) is 0 Å². The van der Waals surface area contributed by atoms with Gasteiger partial charge in [-0.15, -0.1) is 16.7 Å². The van der Waals surface area contributed by atoms with E-state index in [1.807, 2.05) is 12.1 Å². The van der Waals surface area contributed by atoms with Gasteiger partial charge in [-0.1, -0.05) is 6.92 Å². The summed E-state index contributed by atoms with van der Waals surface area (Å²) in [5.41, 5.74) is 0.811. The van der Waals surface area contributed by atoms with Crippen molar-refractivity contribution < 1.29 is 4.74 Å². The number of rotatable bonds is 3. The fourth-order valence-electron chi connectivity index (χ4n) is 1.77. The van der Waals surface area contributed by atoms with Crippen molar-refractivity contribution in [2.24, 2.45) is 0 Å². The Bertz CT molecular complexity index is 331. The van der Waals surface area contributed by atoms with Gasteiger partial charge in [0.2, 0.25) is 0 Å². The number of aromatic nitrogens is 2. The number of ether oxygens (including phenoxy) is 1. The van der Waals surface area contributed by atoms with Gasteiger partial charge in [0, 0.05) is 13.1 Å². The molecule has 0 saturated carbocycles. The Morgan fingerprint density at radius 1 is 1.50 bits per heavy atom. The fourth-order valence-corrected chi connectivity index (χ4v) is 1.91. The zero-order valence-corrected chi connectivity index (χ0v) is 10.2. The van der Waals surface area contributed by atoms with Crippen LogP contribution >= 0.6 is 11.6 Å². The van der Waals surface area contributed by atoms with Crippen LogP contribution in [0.15, 0.2) is 12.1 Å².